The maximum Gasteiger partial charge on any atom is 0.352 e. The highest BCUT2D eigenvalue weighted by Gasteiger charge is 2.32. The van der Waals surface area contributed by atoms with Crippen LogP contribution in [-0.2, 0) is 9.53 Å². The second-order valence-electron chi connectivity index (χ2n) is 5.25. The molecule has 2 atom stereocenters. The SMILES string of the molecule is CCOC(=O)C1C=CC(C)n2c(=O)n(-c3ccccc3)c(=O)n21. The molecule has 120 valence electrons. The van der Waals surface area contributed by atoms with Gasteiger partial charge in [-0.25, -0.2) is 28.3 Å². The Kier molecular flexibility index (Phi) is 3.77. The number of ether oxygens (including phenoxy) is 1. The molecule has 23 heavy (non-hydrogen) atoms. The Morgan fingerprint density at radius 1 is 1.09 bits per heavy atom. The summed E-state index contributed by atoms with van der Waals surface area (Å²) in [7, 11) is 0. The summed E-state index contributed by atoms with van der Waals surface area (Å²) in [5, 5.41) is 0. The molecule has 1 aliphatic heterocycles. The Hall–Kier alpha value is -2.83. The van der Waals surface area contributed by atoms with Gasteiger partial charge < -0.3 is 4.74 Å². The molecule has 1 aliphatic rings. The van der Waals surface area contributed by atoms with Crippen molar-refractivity contribution in [3.8, 4) is 5.69 Å². The summed E-state index contributed by atoms with van der Waals surface area (Å²) in [6.07, 6.45) is 3.32. The number of carbonyl (C=O) groups is 1. The van der Waals surface area contributed by atoms with E-state index in [0.717, 1.165) is 9.25 Å². The average Bonchev–Trinajstić information content (AvgIpc) is 2.81. The third kappa shape index (κ3) is 2.34. The summed E-state index contributed by atoms with van der Waals surface area (Å²) in [5.41, 5.74) is -0.575. The van der Waals surface area contributed by atoms with Gasteiger partial charge in [0.25, 0.3) is 0 Å². The summed E-state index contributed by atoms with van der Waals surface area (Å²) in [4.78, 5) is 37.6. The topological polar surface area (TPSA) is 75.2 Å². The van der Waals surface area contributed by atoms with E-state index in [2.05, 4.69) is 0 Å². The van der Waals surface area contributed by atoms with Crippen LogP contribution < -0.4 is 11.4 Å². The van der Waals surface area contributed by atoms with Gasteiger partial charge in [0.2, 0.25) is 0 Å². The Morgan fingerprint density at radius 3 is 2.39 bits per heavy atom. The fraction of sp³-hybridized carbons (Fsp3) is 0.312. The molecule has 0 amide bonds. The van der Waals surface area contributed by atoms with Crippen molar-refractivity contribution in [2.45, 2.75) is 25.9 Å². The summed E-state index contributed by atoms with van der Waals surface area (Å²) in [5.74, 6) is -0.559. The first-order chi connectivity index (χ1) is 11.1. The zero-order valence-electron chi connectivity index (χ0n) is 12.9. The van der Waals surface area contributed by atoms with E-state index < -0.39 is 23.4 Å². The van der Waals surface area contributed by atoms with Crippen molar-refractivity contribution in [2.24, 2.45) is 0 Å². The molecule has 2 unspecified atom stereocenters. The summed E-state index contributed by atoms with van der Waals surface area (Å²) in [6.45, 7) is 3.68. The Morgan fingerprint density at radius 2 is 1.74 bits per heavy atom. The van der Waals surface area contributed by atoms with Crippen molar-refractivity contribution in [1.82, 2.24) is 13.9 Å². The van der Waals surface area contributed by atoms with Crippen LogP contribution in [0.25, 0.3) is 5.69 Å². The number of aromatic nitrogens is 3. The largest absolute Gasteiger partial charge is 0.464 e. The maximum absolute atomic E-state index is 12.8. The first-order valence-corrected chi connectivity index (χ1v) is 7.42. The highest BCUT2D eigenvalue weighted by atomic mass is 16.5. The van der Waals surface area contributed by atoms with E-state index in [1.165, 1.54) is 4.68 Å². The predicted octanol–water partition coefficient (Wildman–Crippen LogP) is 1.04. The third-order valence-electron chi connectivity index (χ3n) is 3.77. The van der Waals surface area contributed by atoms with Crippen molar-refractivity contribution in [3.63, 3.8) is 0 Å². The van der Waals surface area contributed by atoms with E-state index in [4.69, 9.17) is 4.74 Å². The molecule has 1 aromatic carbocycles. The van der Waals surface area contributed by atoms with Crippen LogP contribution >= 0.6 is 0 Å². The Labute approximate surface area is 132 Å². The fourth-order valence-electron chi connectivity index (χ4n) is 2.73. The lowest BCUT2D eigenvalue weighted by atomic mass is 10.2. The van der Waals surface area contributed by atoms with Crippen LogP contribution in [0.5, 0.6) is 0 Å². The molecule has 3 rings (SSSR count). The second-order valence-corrected chi connectivity index (χ2v) is 5.25. The molecule has 0 saturated carbocycles. The second kappa shape index (κ2) is 5.75. The predicted molar refractivity (Wildman–Crippen MR) is 83.8 cm³/mol. The number of benzene rings is 1. The molecule has 0 N–H and O–H groups in total. The van der Waals surface area contributed by atoms with E-state index in [0.29, 0.717) is 5.69 Å². The minimum atomic E-state index is -0.934. The molecule has 2 heterocycles. The van der Waals surface area contributed by atoms with Crippen LogP contribution in [0.15, 0.2) is 52.1 Å². The van der Waals surface area contributed by atoms with Crippen LogP contribution in [-0.4, -0.2) is 26.5 Å². The molecule has 1 aromatic heterocycles. The normalized spacial score (nSPS) is 19.4. The number of carbonyl (C=O) groups excluding carboxylic acids is 1. The highest BCUT2D eigenvalue weighted by molar-refractivity contribution is 5.76. The molecule has 7 heteroatoms. The van der Waals surface area contributed by atoms with E-state index >= 15 is 0 Å². The minimum absolute atomic E-state index is 0.205. The van der Waals surface area contributed by atoms with Crippen LogP contribution in [0.4, 0.5) is 0 Å². The van der Waals surface area contributed by atoms with Gasteiger partial charge in [0.1, 0.15) is 0 Å². The van der Waals surface area contributed by atoms with Crippen LogP contribution in [0.3, 0.4) is 0 Å². The van der Waals surface area contributed by atoms with Gasteiger partial charge in [-0.05, 0) is 26.0 Å². The number of hydrogen-bond acceptors (Lipinski definition) is 4. The number of hydrogen-bond donors (Lipinski definition) is 0. The van der Waals surface area contributed by atoms with Gasteiger partial charge in [-0.1, -0.05) is 30.4 Å². The van der Waals surface area contributed by atoms with Crippen LogP contribution in [0.1, 0.15) is 25.9 Å². The van der Waals surface area contributed by atoms with E-state index in [1.54, 1.807) is 56.3 Å². The van der Waals surface area contributed by atoms with Crippen molar-refractivity contribution < 1.29 is 9.53 Å². The maximum atomic E-state index is 12.8. The van der Waals surface area contributed by atoms with Crippen molar-refractivity contribution in [2.75, 3.05) is 6.61 Å². The molecule has 0 radical (unpaired) electrons. The zero-order chi connectivity index (χ0) is 16.6. The summed E-state index contributed by atoms with van der Waals surface area (Å²) >= 11 is 0. The van der Waals surface area contributed by atoms with Gasteiger partial charge in [-0.3, -0.25) is 0 Å². The van der Waals surface area contributed by atoms with E-state index in [-0.39, 0.29) is 12.6 Å². The smallest absolute Gasteiger partial charge is 0.352 e. The zero-order valence-corrected chi connectivity index (χ0v) is 12.9. The number of fused-ring (bicyclic) bond motifs is 1. The molecule has 0 fully saturated rings. The molecule has 2 aromatic rings. The standard InChI is InChI=1S/C16H17N3O4/c1-3-23-14(20)13-10-9-11(2)18-15(21)17(16(22)19(13)18)12-7-5-4-6-8-12/h4-11,13H,3H2,1-2H3. The van der Waals surface area contributed by atoms with Gasteiger partial charge in [0.15, 0.2) is 6.04 Å². The number of nitrogens with zero attached hydrogens (tertiary/aromatic N) is 3. The quantitative estimate of drug-likeness (QED) is 0.626. The molecular weight excluding hydrogens is 298 g/mol. The molecular formula is C16H17N3O4. The first-order valence-electron chi connectivity index (χ1n) is 7.42. The Bertz CT molecular complexity index is 873. The number of esters is 1. The van der Waals surface area contributed by atoms with E-state index in [9.17, 15) is 14.4 Å². The lowest BCUT2D eigenvalue weighted by Gasteiger charge is -2.23. The lowest BCUT2D eigenvalue weighted by Crippen LogP contribution is -2.38. The molecule has 0 spiro atoms. The van der Waals surface area contributed by atoms with Crippen LogP contribution in [0.2, 0.25) is 0 Å². The number of para-hydroxylation sites is 1. The number of rotatable bonds is 3. The average molecular weight is 315 g/mol. The molecule has 7 nitrogen and oxygen atoms in total. The van der Waals surface area contributed by atoms with Gasteiger partial charge in [-0.2, -0.15) is 0 Å². The monoisotopic (exact) mass is 315 g/mol. The van der Waals surface area contributed by atoms with Gasteiger partial charge in [-0.15, -0.1) is 0 Å². The van der Waals surface area contributed by atoms with Gasteiger partial charge in [0.05, 0.1) is 18.3 Å². The van der Waals surface area contributed by atoms with Crippen LogP contribution in [0, 0.1) is 0 Å². The number of allylic oxidation sites excluding steroid dienone is 1. The van der Waals surface area contributed by atoms with Crippen molar-refractivity contribution in [1.29, 1.82) is 0 Å². The van der Waals surface area contributed by atoms with Gasteiger partial charge in [0, 0.05) is 0 Å². The van der Waals surface area contributed by atoms with Gasteiger partial charge >= 0.3 is 17.3 Å². The third-order valence-corrected chi connectivity index (χ3v) is 3.77. The first kappa shape index (κ1) is 15.1. The van der Waals surface area contributed by atoms with Crippen molar-refractivity contribution >= 4 is 5.97 Å². The lowest BCUT2D eigenvalue weighted by molar-refractivity contribution is -0.146. The minimum Gasteiger partial charge on any atom is -0.464 e. The fourth-order valence-corrected chi connectivity index (χ4v) is 2.73. The summed E-state index contributed by atoms with van der Waals surface area (Å²) < 4.78 is 8.53. The highest BCUT2D eigenvalue weighted by Crippen LogP contribution is 2.19. The van der Waals surface area contributed by atoms with Crippen molar-refractivity contribution in [3.05, 3.63) is 63.5 Å². The van der Waals surface area contributed by atoms with E-state index in [1.807, 2.05) is 0 Å². The Balaban J connectivity index is 2.23. The molecule has 0 aliphatic carbocycles. The molecule has 0 saturated heterocycles. The summed E-state index contributed by atoms with van der Waals surface area (Å²) in [6, 6.07) is 7.37. The molecule has 0 bridgehead atoms.